The number of hydrogen-bond acceptors (Lipinski definition) is 6. The van der Waals surface area contributed by atoms with E-state index in [-0.39, 0.29) is 0 Å². The van der Waals surface area contributed by atoms with E-state index in [1.54, 1.807) is 6.07 Å². The number of nitrogens with zero attached hydrogens (tertiary/aromatic N) is 4. The van der Waals surface area contributed by atoms with Crippen molar-refractivity contribution in [1.82, 2.24) is 19.1 Å². The molecule has 0 aliphatic carbocycles. The predicted octanol–water partition coefficient (Wildman–Crippen LogP) is 9.54. The van der Waals surface area contributed by atoms with Crippen LogP contribution in [0, 0.1) is 6.92 Å². The zero-order chi connectivity index (χ0) is 33.7. The van der Waals surface area contributed by atoms with Crippen LogP contribution in [0.4, 0.5) is 4.79 Å². The number of benzene rings is 4. The van der Waals surface area contributed by atoms with Gasteiger partial charge in [0.15, 0.2) is 0 Å². The van der Waals surface area contributed by atoms with Crippen LogP contribution in [-0.4, -0.2) is 37.5 Å². The number of para-hydroxylation sites is 3. The van der Waals surface area contributed by atoms with Gasteiger partial charge in [-0.15, -0.1) is 0 Å². The molecule has 8 nitrogen and oxygen atoms in total. The van der Waals surface area contributed by atoms with E-state index in [4.69, 9.17) is 19.2 Å². The van der Waals surface area contributed by atoms with Gasteiger partial charge in [0.25, 0.3) is 0 Å². The van der Waals surface area contributed by atoms with Crippen molar-refractivity contribution in [3.63, 3.8) is 0 Å². The van der Waals surface area contributed by atoms with Gasteiger partial charge < -0.3 is 23.3 Å². The molecule has 48 heavy (non-hydrogen) atoms. The van der Waals surface area contributed by atoms with E-state index in [0.717, 1.165) is 88.1 Å². The van der Waals surface area contributed by atoms with Gasteiger partial charge in [-0.3, -0.25) is 0 Å². The summed E-state index contributed by atoms with van der Waals surface area (Å²) in [6.45, 7) is 11.8. The minimum absolute atomic E-state index is 0.459. The molecule has 0 bridgehead atoms. The van der Waals surface area contributed by atoms with E-state index in [0.29, 0.717) is 18.9 Å². The molecule has 0 aliphatic heterocycles. The summed E-state index contributed by atoms with van der Waals surface area (Å²) in [6.07, 6.45) is 5.08. The molecule has 2 aromatic heterocycles. The maximum absolute atomic E-state index is 12.4. The van der Waals surface area contributed by atoms with Crippen molar-refractivity contribution in [3.05, 3.63) is 108 Å². The molecule has 0 unspecified atom stereocenters. The fraction of sp³-hybridized carbons (Fsp3) is 0.325. The number of unbranched alkanes of at least 4 members (excludes halogenated alkanes) is 1. The molecule has 0 saturated carbocycles. The second-order valence-electron chi connectivity index (χ2n) is 13.2. The second kappa shape index (κ2) is 14.3. The number of rotatable bonds is 12. The fourth-order valence-electron chi connectivity index (χ4n) is 5.93. The van der Waals surface area contributed by atoms with E-state index in [9.17, 15) is 4.79 Å². The third-order valence-electron chi connectivity index (χ3n) is 8.30. The molecule has 0 saturated heterocycles. The first-order valence-corrected chi connectivity index (χ1v) is 16.8. The predicted molar refractivity (Wildman–Crippen MR) is 191 cm³/mol. The van der Waals surface area contributed by atoms with Gasteiger partial charge in [-0.2, -0.15) is 0 Å². The summed E-state index contributed by atoms with van der Waals surface area (Å²) in [7, 11) is 0. The molecule has 0 radical (unpaired) electrons. The minimum Gasteiger partial charge on any atom is -0.491 e. The molecule has 0 N–H and O–H groups in total. The number of aromatic nitrogens is 4. The van der Waals surface area contributed by atoms with Gasteiger partial charge in [-0.05, 0) is 81.5 Å². The van der Waals surface area contributed by atoms with Gasteiger partial charge in [-0.25, -0.2) is 14.8 Å². The Morgan fingerprint density at radius 1 is 0.875 bits per heavy atom. The summed E-state index contributed by atoms with van der Waals surface area (Å²) < 4.78 is 22.0. The monoisotopic (exact) mass is 644 g/mol. The van der Waals surface area contributed by atoms with Crippen molar-refractivity contribution in [1.29, 1.82) is 0 Å². The molecule has 0 aliphatic rings. The first-order chi connectivity index (χ1) is 23.2. The number of carbonyl (C=O) groups is 1. The maximum atomic E-state index is 12.4. The Morgan fingerprint density at radius 2 is 1.65 bits per heavy atom. The Kier molecular flexibility index (Phi) is 9.80. The molecular weight excluding hydrogens is 600 g/mol. The average Bonchev–Trinajstić information content (AvgIpc) is 3.65. The molecule has 0 spiro atoms. The number of aryl methyl sites for hydroxylation is 3. The Bertz CT molecular complexity index is 2020. The summed E-state index contributed by atoms with van der Waals surface area (Å²) in [4.78, 5) is 22.1. The lowest BCUT2D eigenvalue weighted by molar-refractivity contribution is 0.0207. The molecule has 4 aromatic carbocycles. The van der Waals surface area contributed by atoms with Crippen molar-refractivity contribution in [2.45, 2.75) is 79.0 Å². The highest BCUT2D eigenvalue weighted by molar-refractivity contribution is 5.86. The highest BCUT2D eigenvalue weighted by Crippen LogP contribution is 2.33. The minimum atomic E-state index is -0.721. The van der Waals surface area contributed by atoms with Crippen molar-refractivity contribution in [2.24, 2.45) is 0 Å². The summed E-state index contributed by atoms with van der Waals surface area (Å²) in [5, 5.41) is 0. The second-order valence-corrected chi connectivity index (χ2v) is 13.2. The molecule has 6 rings (SSSR count). The van der Waals surface area contributed by atoms with E-state index in [1.165, 1.54) is 0 Å². The van der Waals surface area contributed by atoms with Crippen molar-refractivity contribution in [2.75, 3.05) is 6.61 Å². The van der Waals surface area contributed by atoms with Crippen LogP contribution in [-0.2, 0) is 24.2 Å². The van der Waals surface area contributed by atoms with E-state index >= 15 is 0 Å². The Hall–Kier alpha value is -5.11. The Morgan fingerprint density at radius 3 is 2.44 bits per heavy atom. The molecule has 248 valence electrons. The maximum Gasteiger partial charge on any atom is 0.514 e. The van der Waals surface area contributed by atoms with Crippen LogP contribution in [0.2, 0.25) is 0 Å². The third kappa shape index (κ3) is 7.54. The van der Waals surface area contributed by atoms with Crippen LogP contribution >= 0.6 is 0 Å². The quantitative estimate of drug-likeness (QED) is 0.0750. The number of ether oxygens (including phenoxy) is 3. The smallest absolute Gasteiger partial charge is 0.491 e. The number of hydrogen-bond donors (Lipinski definition) is 0. The third-order valence-corrected chi connectivity index (χ3v) is 8.30. The normalized spacial score (nSPS) is 11.7. The molecule has 6 aromatic rings. The van der Waals surface area contributed by atoms with Crippen LogP contribution in [0.15, 0.2) is 91.3 Å². The summed E-state index contributed by atoms with van der Waals surface area (Å²) in [5.41, 5.74) is 7.58. The Balaban J connectivity index is 1.23. The van der Waals surface area contributed by atoms with Gasteiger partial charge in [0.05, 0.1) is 29.5 Å². The summed E-state index contributed by atoms with van der Waals surface area (Å²) >= 11 is 0. The van der Waals surface area contributed by atoms with E-state index in [1.807, 2.05) is 63.5 Å². The van der Waals surface area contributed by atoms with E-state index < -0.39 is 11.8 Å². The molecular formula is C40H44N4O4. The average molecular weight is 645 g/mol. The lowest BCUT2D eigenvalue weighted by atomic mass is 10.0. The number of imidazole rings is 2. The first-order valence-electron chi connectivity index (χ1n) is 16.8. The fourth-order valence-corrected chi connectivity index (χ4v) is 5.93. The van der Waals surface area contributed by atoms with Gasteiger partial charge in [0.1, 0.15) is 28.4 Å². The van der Waals surface area contributed by atoms with Gasteiger partial charge in [0.2, 0.25) is 0 Å². The summed E-state index contributed by atoms with van der Waals surface area (Å²) in [5.74, 6) is 2.38. The molecule has 8 heteroatoms. The van der Waals surface area contributed by atoms with Crippen LogP contribution in [0.5, 0.6) is 11.5 Å². The molecule has 2 heterocycles. The first kappa shape index (κ1) is 32.8. The van der Waals surface area contributed by atoms with Crippen LogP contribution in [0.25, 0.3) is 33.2 Å². The topological polar surface area (TPSA) is 80.4 Å². The zero-order valence-corrected chi connectivity index (χ0v) is 28.5. The standard InChI is InChI=1S/C40H44N4O4/c1-6-7-17-36-42-37-28(2)18-23-35(46-25-12-24-43-27-41-32-14-9-10-15-33(32)43)38(37)44(36)26-29-19-21-30(22-20-29)31-13-8-11-16-34(31)47-39(45)48-40(3,4)5/h8-11,13-16,18-23,27H,6-7,12,17,24-26H2,1-5H3. The van der Waals surface area contributed by atoms with E-state index in [2.05, 4.69) is 70.4 Å². The SMILES string of the molecule is CCCCc1nc2c(C)ccc(OCCCn3cnc4ccccc43)c2n1Cc1ccc(-c2ccccc2OC(=O)OC(C)(C)C)cc1. The lowest BCUT2D eigenvalue weighted by Crippen LogP contribution is -2.26. The molecule has 0 amide bonds. The van der Waals surface area contributed by atoms with Crippen LogP contribution in [0.3, 0.4) is 0 Å². The van der Waals surface area contributed by atoms with Gasteiger partial charge >= 0.3 is 6.16 Å². The van der Waals surface area contributed by atoms with Crippen molar-refractivity contribution >= 4 is 28.2 Å². The zero-order valence-electron chi connectivity index (χ0n) is 28.5. The highest BCUT2D eigenvalue weighted by atomic mass is 16.7. The summed E-state index contributed by atoms with van der Waals surface area (Å²) in [6, 6.07) is 28.3. The van der Waals surface area contributed by atoms with Gasteiger partial charge in [-0.1, -0.05) is 74.0 Å². The van der Waals surface area contributed by atoms with Crippen molar-refractivity contribution < 1.29 is 19.0 Å². The molecule has 0 atom stereocenters. The number of carbonyl (C=O) groups excluding carboxylic acids is 1. The van der Waals surface area contributed by atoms with Crippen LogP contribution in [0.1, 0.15) is 63.9 Å². The highest BCUT2D eigenvalue weighted by Gasteiger charge is 2.20. The number of fused-ring (bicyclic) bond motifs is 2. The van der Waals surface area contributed by atoms with Crippen LogP contribution < -0.4 is 9.47 Å². The Labute approximate surface area is 282 Å². The van der Waals surface area contributed by atoms with Crippen molar-refractivity contribution in [3.8, 4) is 22.6 Å². The largest absolute Gasteiger partial charge is 0.514 e. The molecule has 0 fully saturated rings. The van der Waals surface area contributed by atoms with Gasteiger partial charge in [0, 0.05) is 25.1 Å². The lowest BCUT2D eigenvalue weighted by Gasteiger charge is -2.19.